The van der Waals surface area contributed by atoms with Gasteiger partial charge in [0.2, 0.25) is 0 Å². The van der Waals surface area contributed by atoms with E-state index in [-0.39, 0.29) is 6.04 Å². The first-order valence-corrected chi connectivity index (χ1v) is 5.47. The van der Waals surface area contributed by atoms with Crippen molar-refractivity contribution < 1.29 is 4.79 Å². The lowest BCUT2D eigenvalue weighted by molar-refractivity contribution is -0.109. The molecule has 0 aliphatic carbocycles. The molecule has 15 heavy (non-hydrogen) atoms. The summed E-state index contributed by atoms with van der Waals surface area (Å²) in [4.78, 5) is 17.5. The second-order valence-electron chi connectivity index (χ2n) is 4.03. The SMILES string of the molecule is Cc1cccc(N2CCCCC2C=O)n1. The van der Waals surface area contributed by atoms with Crippen LogP contribution in [0.15, 0.2) is 18.2 Å². The van der Waals surface area contributed by atoms with Crippen LogP contribution < -0.4 is 4.90 Å². The summed E-state index contributed by atoms with van der Waals surface area (Å²) in [5, 5.41) is 0. The van der Waals surface area contributed by atoms with Gasteiger partial charge in [0.15, 0.2) is 0 Å². The van der Waals surface area contributed by atoms with E-state index in [4.69, 9.17) is 0 Å². The molecular weight excluding hydrogens is 188 g/mol. The summed E-state index contributed by atoms with van der Waals surface area (Å²) in [5.41, 5.74) is 1.00. The smallest absolute Gasteiger partial charge is 0.142 e. The van der Waals surface area contributed by atoms with Gasteiger partial charge < -0.3 is 9.69 Å². The number of piperidine rings is 1. The summed E-state index contributed by atoms with van der Waals surface area (Å²) < 4.78 is 0. The summed E-state index contributed by atoms with van der Waals surface area (Å²) >= 11 is 0. The van der Waals surface area contributed by atoms with Crippen LogP contribution in [0.1, 0.15) is 25.0 Å². The molecule has 1 atom stereocenters. The van der Waals surface area contributed by atoms with Crippen molar-refractivity contribution in [3.8, 4) is 0 Å². The van der Waals surface area contributed by atoms with Crippen LogP contribution in [0.4, 0.5) is 5.82 Å². The maximum Gasteiger partial charge on any atom is 0.142 e. The van der Waals surface area contributed by atoms with Crippen molar-refractivity contribution in [1.29, 1.82) is 0 Å². The Hall–Kier alpha value is -1.38. The Morgan fingerprint density at radius 2 is 2.33 bits per heavy atom. The predicted octanol–water partition coefficient (Wildman–Crippen LogP) is 1.95. The molecule has 1 fully saturated rings. The lowest BCUT2D eigenvalue weighted by Crippen LogP contribution is -2.41. The zero-order valence-electron chi connectivity index (χ0n) is 9.02. The van der Waals surface area contributed by atoms with Crippen LogP contribution in [-0.2, 0) is 4.79 Å². The number of nitrogens with zero attached hydrogens (tertiary/aromatic N) is 2. The van der Waals surface area contributed by atoms with Gasteiger partial charge in [-0.05, 0) is 38.3 Å². The minimum Gasteiger partial charge on any atom is -0.347 e. The normalized spacial score (nSPS) is 21.4. The van der Waals surface area contributed by atoms with Crippen LogP contribution in [0.5, 0.6) is 0 Å². The maximum atomic E-state index is 11.0. The fourth-order valence-electron chi connectivity index (χ4n) is 2.07. The third-order valence-electron chi connectivity index (χ3n) is 2.87. The molecule has 80 valence electrons. The number of rotatable bonds is 2. The molecule has 2 heterocycles. The Morgan fingerprint density at radius 1 is 1.47 bits per heavy atom. The third kappa shape index (κ3) is 2.17. The number of carbonyl (C=O) groups is 1. The Balaban J connectivity index is 2.23. The molecule has 2 rings (SSSR count). The van der Waals surface area contributed by atoms with Gasteiger partial charge >= 0.3 is 0 Å². The van der Waals surface area contributed by atoms with Crippen LogP contribution in [-0.4, -0.2) is 23.9 Å². The van der Waals surface area contributed by atoms with Gasteiger partial charge in [-0.15, -0.1) is 0 Å². The summed E-state index contributed by atoms with van der Waals surface area (Å²) in [7, 11) is 0. The molecule has 0 saturated carbocycles. The Kier molecular flexibility index (Phi) is 2.99. The van der Waals surface area contributed by atoms with E-state index < -0.39 is 0 Å². The Bertz CT molecular complexity index is 351. The number of aryl methyl sites for hydroxylation is 1. The van der Waals surface area contributed by atoms with Gasteiger partial charge in [-0.25, -0.2) is 4.98 Å². The van der Waals surface area contributed by atoms with Crippen molar-refractivity contribution in [2.45, 2.75) is 32.2 Å². The Labute approximate surface area is 90.1 Å². The quantitative estimate of drug-likeness (QED) is 0.690. The molecule has 1 aliphatic heterocycles. The second kappa shape index (κ2) is 4.43. The lowest BCUT2D eigenvalue weighted by Gasteiger charge is -2.33. The van der Waals surface area contributed by atoms with Crippen molar-refractivity contribution in [2.75, 3.05) is 11.4 Å². The second-order valence-corrected chi connectivity index (χ2v) is 4.03. The van der Waals surface area contributed by atoms with Gasteiger partial charge in [0.1, 0.15) is 12.1 Å². The van der Waals surface area contributed by atoms with E-state index in [0.717, 1.165) is 43.6 Å². The lowest BCUT2D eigenvalue weighted by atomic mass is 10.0. The molecule has 3 heteroatoms. The minimum atomic E-state index is 0.0213. The number of hydrogen-bond donors (Lipinski definition) is 0. The molecule has 1 aromatic heterocycles. The van der Waals surface area contributed by atoms with Gasteiger partial charge in [-0.2, -0.15) is 0 Å². The highest BCUT2D eigenvalue weighted by atomic mass is 16.1. The highest BCUT2D eigenvalue weighted by molar-refractivity contribution is 5.65. The molecule has 0 N–H and O–H groups in total. The molecule has 1 aliphatic rings. The molecule has 0 amide bonds. The van der Waals surface area contributed by atoms with E-state index in [1.54, 1.807) is 0 Å². The number of carbonyl (C=O) groups excluding carboxylic acids is 1. The van der Waals surface area contributed by atoms with Crippen molar-refractivity contribution in [2.24, 2.45) is 0 Å². The zero-order valence-corrected chi connectivity index (χ0v) is 9.02. The van der Waals surface area contributed by atoms with Crippen LogP contribution in [0.25, 0.3) is 0 Å². The summed E-state index contributed by atoms with van der Waals surface area (Å²) in [6, 6.07) is 5.97. The van der Waals surface area contributed by atoms with Crippen LogP contribution in [0.2, 0.25) is 0 Å². The van der Waals surface area contributed by atoms with E-state index in [2.05, 4.69) is 9.88 Å². The first-order valence-electron chi connectivity index (χ1n) is 5.47. The summed E-state index contributed by atoms with van der Waals surface area (Å²) in [6.07, 6.45) is 4.30. The van der Waals surface area contributed by atoms with E-state index >= 15 is 0 Å². The van der Waals surface area contributed by atoms with Crippen LogP contribution in [0, 0.1) is 6.92 Å². The van der Waals surface area contributed by atoms with Gasteiger partial charge in [-0.1, -0.05) is 6.07 Å². The molecule has 0 spiro atoms. The van der Waals surface area contributed by atoms with Crippen molar-refractivity contribution in [3.63, 3.8) is 0 Å². The number of aldehydes is 1. The highest BCUT2D eigenvalue weighted by Gasteiger charge is 2.22. The third-order valence-corrected chi connectivity index (χ3v) is 2.87. The average Bonchev–Trinajstić information content (AvgIpc) is 2.29. The van der Waals surface area contributed by atoms with E-state index in [1.165, 1.54) is 0 Å². The number of aromatic nitrogens is 1. The number of anilines is 1. The van der Waals surface area contributed by atoms with Gasteiger partial charge in [0.05, 0.1) is 6.04 Å². The highest BCUT2D eigenvalue weighted by Crippen LogP contribution is 2.21. The monoisotopic (exact) mass is 204 g/mol. The van der Waals surface area contributed by atoms with Crippen molar-refractivity contribution >= 4 is 12.1 Å². The summed E-state index contributed by atoms with van der Waals surface area (Å²) in [5.74, 6) is 0.937. The molecule has 3 nitrogen and oxygen atoms in total. The zero-order chi connectivity index (χ0) is 10.7. The van der Waals surface area contributed by atoms with Crippen molar-refractivity contribution in [3.05, 3.63) is 23.9 Å². The number of hydrogen-bond acceptors (Lipinski definition) is 3. The predicted molar refractivity (Wildman–Crippen MR) is 60.0 cm³/mol. The fraction of sp³-hybridized carbons (Fsp3) is 0.500. The standard InChI is InChI=1S/C12H16N2O/c1-10-5-4-7-12(13-10)14-8-3-2-6-11(14)9-15/h4-5,7,9,11H,2-3,6,8H2,1H3. The van der Waals surface area contributed by atoms with Crippen molar-refractivity contribution in [1.82, 2.24) is 4.98 Å². The molecular formula is C12H16N2O. The topological polar surface area (TPSA) is 33.2 Å². The van der Waals surface area contributed by atoms with Gasteiger partial charge in [-0.3, -0.25) is 0 Å². The number of pyridine rings is 1. The van der Waals surface area contributed by atoms with Gasteiger partial charge in [0, 0.05) is 12.2 Å². The maximum absolute atomic E-state index is 11.0. The summed E-state index contributed by atoms with van der Waals surface area (Å²) in [6.45, 7) is 2.92. The first-order chi connectivity index (χ1) is 7.31. The average molecular weight is 204 g/mol. The molecule has 0 aromatic carbocycles. The first kappa shape index (κ1) is 10.1. The van der Waals surface area contributed by atoms with E-state index in [0.29, 0.717) is 0 Å². The molecule has 0 radical (unpaired) electrons. The Morgan fingerprint density at radius 3 is 3.07 bits per heavy atom. The van der Waals surface area contributed by atoms with E-state index in [1.807, 2.05) is 25.1 Å². The van der Waals surface area contributed by atoms with E-state index in [9.17, 15) is 4.79 Å². The van der Waals surface area contributed by atoms with Gasteiger partial charge in [0.25, 0.3) is 0 Å². The molecule has 0 bridgehead atoms. The van der Waals surface area contributed by atoms with Crippen LogP contribution >= 0.6 is 0 Å². The van der Waals surface area contributed by atoms with Crippen LogP contribution in [0.3, 0.4) is 0 Å². The minimum absolute atomic E-state index is 0.0213. The molecule has 1 saturated heterocycles. The molecule has 1 unspecified atom stereocenters. The largest absolute Gasteiger partial charge is 0.347 e. The molecule has 1 aromatic rings. The fourth-order valence-corrected chi connectivity index (χ4v) is 2.07.